The number of amides is 1. The molecule has 6 heteroatoms. The summed E-state index contributed by atoms with van der Waals surface area (Å²) in [5.41, 5.74) is -1.04. The first-order valence-electron chi connectivity index (χ1n) is 6.62. The van der Waals surface area contributed by atoms with Crippen LogP contribution < -0.4 is 5.32 Å². The number of carbonyl (C=O) groups is 1. The van der Waals surface area contributed by atoms with Crippen LogP contribution in [0.1, 0.15) is 37.5 Å². The summed E-state index contributed by atoms with van der Waals surface area (Å²) in [4.78, 5) is 11.4. The van der Waals surface area contributed by atoms with Gasteiger partial charge >= 0.3 is 12.3 Å². The number of benzene rings is 1. The standard InChI is InChI=1S/C16H18F3NO2/c1-11-7-8-12(13(10-11)16(17,18)19)6-5-9-20-14(21)22-15(2,3)4/h7-8,10H,9H2,1-4H3,(H,20,21). The second-order valence-corrected chi connectivity index (χ2v) is 5.70. The lowest BCUT2D eigenvalue weighted by molar-refractivity contribution is -0.137. The molecule has 0 heterocycles. The minimum Gasteiger partial charge on any atom is -0.444 e. The number of ether oxygens (including phenoxy) is 1. The van der Waals surface area contributed by atoms with Crippen LogP contribution in [0.3, 0.4) is 0 Å². The number of hydrogen-bond donors (Lipinski definition) is 1. The van der Waals surface area contributed by atoms with Crippen molar-refractivity contribution < 1.29 is 22.7 Å². The number of hydrogen-bond acceptors (Lipinski definition) is 2. The predicted octanol–water partition coefficient (Wildman–Crippen LogP) is 3.89. The maximum absolute atomic E-state index is 12.9. The minimum absolute atomic E-state index is 0.0971. The molecule has 0 unspecified atom stereocenters. The Hall–Kier alpha value is -2.16. The highest BCUT2D eigenvalue weighted by molar-refractivity contribution is 5.68. The fourth-order valence-electron chi connectivity index (χ4n) is 1.57. The van der Waals surface area contributed by atoms with Crippen LogP contribution in [0.5, 0.6) is 0 Å². The van der Waals surface area contributed by atoms with Gasteiger partial charge in [-0.25, -0.2) is 4.79 Å². The average molecular weight is 313 g/mol. The predicted molar refractivity (Wildman–Crippen MR) is 77.3 cm³/mol. The highest BCUT2D eigenvalue weighted by Crippen LogP contribution is 2.32. The van der Waals surface area contributed by atoms with Gasteiger partial charge in [0, 0.05) is 5.56 Å². The molecule has 0 aliphatic rings. The third-order valence-electron chi connectivity index (χ3n) is 2.42. The van der Waals surface area contributed by atoms with Crippen LogP contribution in [0.25, 0.3) is 0 Å². The van der Waals surface area contributed by atoms with E-state index < -0.39 is 23.4 Å². The van der Waals surface area contributed by atoms with E-state index in [2.05, 4.69) is 17.2 Å². The fourth-order valence-corrected chi connectivity index (χ4v) is 1.57. The number of aryl methyl sites for hydroxylation is 1. The molecule has 1 aromatic carbocycles. The smallest absolute Gasteiger partial charge is 0.417 e. The first-order chi connectivity index (χ1) is 9.99. The molecule has 1 N–H and O–H groups in total. The van der Waals surface area contributed by atoms with Crippen LogP contribution >= 0.6 is 0 Å². The van der Waals surface area contributed by atoms with Gasteiger partial charge < -0.3 is 10.1 Å². The van der Waals surface area contributed by atoms with E-state index in [1.807, 2.05) is 0 Å². The number of carbonyl (C=O) groups excluding carboxylic acids is 1. The zero-order chi connectivity index (χ0) is 17.0. The van der Waals surface area contributed by atoms with Gasteiger partial charge in [-0.1, -0.05) is 23.5 Å². The summed E-state index contributed by atoms with van der Waals surface area (Å²) in [7, 11) is 0. The lowest BCUT2D eigenvalue weighted by Gasteiger charge is -2.19. The Morgan fingerprint density at radius 2 is 1.91 bits per heavy atom. The summed E-state index contributed by atoms with van der Waals surface area (Å²) in [6.07, 6.45) is -5.13. The molecule has 0 bridgehead atoms. The van der Waals surface area contributed by atoms with Crippen molar-refractivity contribution in [2.24, 2.45) is 0 Å². The van der Waals surface area contributed by atoms with E-state index in [4.69, 9.17) is 4.74 Å². The Balaban J connectivity index is 2.76. The van der Waals surface area contributed by atoms with Crippen LogP contribution in [0.2, 0.25) is 0 Å². The Bertz CT molecular complexity index is 605. The highest BCUT2D eigenvalue weighted by atomic mass is 19.4. The third kappa shape index (κ3) is 6.08. The molecule has 0 aromatic heterocycles. The molecule has 120 valence electrons. The molecular formula is C16H18F3NO2. The number of alkyl halides is 3. The van der Waals surface area contributed by atoms with Gasteiger partial charge in [0.15, 0.2) is 0 Å². The van der Waals surface area contributed by atoms with E-state index >= 15 is 0 Å². The lowest BCUT2D eigenvalue weighted by atomic mass is 10.0. The van der Waals surface area contributed by atoms with Crippen molar-refractivity contribution in [1.82, 2.24) is 5.32 Å². The molecule has 0 saturated carbocycles. The molecule has 1 aromatic rings. The van der Waals surface area contributed by atoms with Gasteiger partial charge in [0.2, 0.25) is 0 Å². The summed E-state index contributed by atoms with van der Waals surface area (Å²) in [5.74, 6) is 4.91. The summed E-state index contributed by atoms with van der Waals surface area (Å²) in [6, 6.07) is 3.92. The molecular weight excluding hydrogens is 295 g/mol. The lowest BCUT2D eigenvalue weighted by Crippen LogP contribution is -2.32. The largest absolute Gasteiger partial charge is 0.444 e. The van der Waals surface area contributed by atoms with Crippen LogP contribution in [-0.4, -0.2) is 18.2 Å². The average Bonchev–Trinajstić information content (AvgIpc) is 2.32. The topological polar surface area (TPSA) is 38.3 Å². The second-order valence-electron chi connectivity index (χ2n) is 5.70. The molecule has 22 heavy (non-hydrogen) atoms. The van der Waals surface area contributed by atoms with Crippen molar-refractivity contribution in [1.29, 1.82) is 0 Å². The molecule has 1 amide bonds. The Morgan fingerprint density at radius 1 is 1.27 bits per heavy atom. The Kier molecular flexibility index (Phi) is 5.48. The van der Waals surface area contributed by atoms with Crippen molar-refractivity contribution in [3.8, 4) is 11.8 Å². The fraction of sp³-hybridized carbons (Fsp3) is 0.438. The summed E-state index contributed by atoms with van der Waals surface area (Å²) >= 11 is 0. The molecule has 0 aliphatic carbocycles. The number of rotatable bonds is 1. The zero-order valence-electron chi connectivity index (χ0n) is 12.9. The van der Waals surface area contributed by atoms with E-state index in [-0.39, 0.29) is 12.1 Å². The monoisotopic (exact) mass is 313 g/mol. The molecule has 0 fully saturated rings. The summed E-state index contributed by atoms with van der Waals surface area (Å²) in [5, 5.41) is 2.36. The summed E-state index contributed by atoms with van der Waals surface area (Å²) in [6.45, 7) is 6.61. The van der Waals surface area contributed by atoms with Crippen molar-refractivity contribution >= 4 is 6.09 Å². The van der Waals surface area contributed by atoms with Crippen LogP contribution in [0.15, 0.2) is 18.2 Å². The number of nitrogens with one attached hydrogen (secondary N) is 1. The van der Waals surface area contributed by atoms with Gasteiger partial charge in [-0.15, -0.1) is 0 Å². The quantitative estimate of drug-likeness (QED) is 0.799. The molecule has 0 aliphatic heterocycles. The molecule has 0 radical (unpaired) electrons. The Labute approximate surface area is 127 Å². The first kappa shape index (κ1) is 17.9. The first-order valence-corrected chi connectivity index (χ1v) is 6.62. The highest BCUT2D eigenvalue weighted by Gasteiger charge is 2.33. The van der Waals surface area contributed by atoms with Gasteiger partial charge in [-0.3, -0.25) is 0 Å². The van der Waals surface area contributed by atoms with Crippen LogP contribution in [-0.2, 0) is 10.9 Å². The van der Waals surface area contributed by atoms with E-state index in [9.17, 15) is 18.0 Å². The van der Waals surface area contributed by atoms with E-state index in [1.54, 1.807) is 33.8 Å². The van der Waals surface area contributed by atoms with Crippen LogP contribution in [0.4, 0.5) is 18.0 Å². The zero-order valence-corrected chi connectivity index (χ0v) is 12.9. The normalized spacial score (nSPS) is 11.4. The maximum Gasteiger partial charge on any atom is 0.417 e. The van der Waals surface area contributed by atoms with Gasteiger partial charge in [-0.05, 0) is 39.8 Å². The van der Waals surface area contributed by atoms with Crippen molar-refractivity contribution in [2.45, 2.75) is 39.5 Å². The second kappa shape index (κ2) is 6.73. The molecule has 3 nitrogen and oxygen atoms in total. The molecule has 1 rings (SSSR count). The van der Waals surface area contributed by atoms with Gasteiger partial charge in [0.25, 0.3) is 0 Å². The van der Waals surface area contributed by atoms with Gasteiger partial charge in [0.05, 0.1) is 12.1 Å². The van der Waals surface area contributed by atoms with E-state index in [1.165, 1.54) is 6.07 Å². The Morgan fingerprint density at radius 3 is 2.45 bits per heavy atom. The number of halogens is 3. The van der Waals surface area contributed by atoms with Crippen molar-refractivity contribution in [3.63, 3.8) is 0 Å². The van der Waals surface area contributed by atoms with Gasteiger partial charge in [0.1, 0.15) is 5.60 Å². The molecule has 0 atom stereocenters. The SMILES string of the molecule is Cc1ccc(C#CCNC(=O)OC(C)(C)C)c(C(F)(F)F)c1. The maximum atomic E-state index is 12.9. The number of alkyl carbamates (subject to hydrolysis) is 1. The third-order valence-corrected chi connectivity index (χ3v) is 2.42. The van der Waals surface area contributed by atoms with Crippen molar-refractivity contribution in [3.05, 3.63) is 34.9 Å². The molecule has 0 saturated heterocycles. The van der Waals surface area contributed by atoms with Gasteiger partial charge in [-0.2, -0.15) is 13.2 Å². The van der Waals surface area contributed by atoms with Crippen molar-refractivity contribution in [2.75, 3.05) is 6.54 Å². The van der Waals surface area contributed by atoms with Crippen LogP contribution in [0, 0.1) is 18.8 Å². The minimum atomic E-state index is -4.46. The van der Waals surface area contributed by atoms with E-state index in [0.29, 0.717) is 5.56 Å². The summed E-state index contributed by atoms with van der Waals surface area (Å²) < 4.78 is 43.7. The van der Waals surface area contributed by atoms with E-state index in [0.717, 1.165) is 6.07 Å². The molecule has 0 spiro atoms.